The van der Waals surface area contributed by atoms with Gasteiger partial charge in [-0.15, -0.1) is 0 Å². The fourth-order valence-electron chi connectivity index (χ4n) is 2.88. The fraction of sp³-hybridized carbons (Fsp3) is 0.500. The average molecular weight is 344 g/mol. The molecule has 0 saturated carbocycles. The molecule has 24 heavy (non-hydrogen) atoms. The van der Waals surface area contributed by atoms with Crippen LogP contribution in [0.2, 0.25) is 0 Å². The minimum absolute atomic E-state index is 0.248. The summed E-state index contributed by atoms with van der Waals surface area (Å²) in [5.74, 6) is -5.39. The number of hydrogen-bond acceptors (Lipinski definition) is 3. The molecule has 2 rings (SSSR count). The Morgan fingerprint density at radius 2 is 2.04 bits per heavy atom. The third kappa shape index (κ3) is 4.70. The van der Waals surface area contributed by atoms with Gasteiger partial charge in [0, 0.05) is 19.6 Å². The van der Waals surface area contributed by atoms with E-state index < -0.39 is 36.4 Å². The number of nitrogens with one attached hydrogen (secondary N) is 1. The van der Waals surface area contributed by atoms with Crippen LogP contribution in [0.25, 0.3) is 0 Å². The van der Waals surface area contributed by atoms with Crippen LogP contribution in [0.4, 0.5) is 13.2 Å². The van der Waals surface area contributed by atoms with Crippen molar-refractivity contribution in [2.75, 3.05) is 19.6 Å². The SMILES string of the molecule is Cc1cccc(CNC(=O)CN2C[C@@H](C(F)(F)F)[C@H](C(=O)O)C2)c1. The number of carboxylic acids is 1. The highest BCUT2D eigenvalue weighted by atomic mass is 19.4. The average Bonchev–Trinajstić information content (AvgIpc) is 2.89. The molecule has 1 heterocycles. The van der Waals surface area contributed by atoms with Gasteiger partial charge in [0.2, 0.25) is 5.91 Å². The third-order valence-electron chi connectivity index (χ3n) is 4.07. The van der Waals surface area contributed by atoms with Crippen molar-refractivity contribution in [2.45, 2.75) is 19.6 Å². The van der Waals surface area contributed by atoms with E-state index >= 15 is 0 Å². The van der Waals surface area contributed by atoms with Gasteiger partial charge in [-0.05, 0) is 12.5 Å². The summed E-state index contributed by atoms with van der Waals surface area (Å²) in [6, 6.07) is 7.50. The number of aliphatic carboxylic acids is 1. The highest BCUT2D eigenvalue weighted by Gasteiger charge is 2.52. The van der Waals surface area contributed by atoms with E-state index in [1.165, 1.54) is 4.90 Å². The highest BCUT2D eigenvalue weighted by molar-refractivity contribution is 5.78. The van der Waals surface area contributed by atoms with E-state index in [0.717, 1.165) is 11.1 Å². The Hall–Kier alpha value is -2.09. The second-order valence-electron chi connectivity index (χ2n) is 6.05. The van der Waals surface area contributed by atoms with Gasteiger partial charge in [-0.3, -0.25) is 14.5 Å². The number of nitrogens with zero attached hydrogens (tertiary/aromatic N) is 1. The molecule has 1 aromatic carbocycles. The number of benzene rings is 1. The summed E-state index contributed by atoms with van der Waals surface area (Å²) in [5, 5.41) is 11.6. The number of amides is 1. The lowest BCUT2D eigenvalue weighted by Crippen LogP contribution is -2.36. The van der Waals surface area contributed by atoms with Crippen LogP contribution in [-0.2, 0) is 16.1 Å². The maximum absolute atomic E-state index is 12.9. The van der Waals surface area contributed by atoms with Crippen LogP contribution < -0.4 is 5.32 Å². The van der Waals surface area contributed by atoms with Crippen molar-refractivity contribution in [1.82, 2.24) is 10.2 Å². The number of halogens is 3. The molecule has 1 aliphatic rings. The molecule has 0 aliphatic carbocycles. The summed E-state index contributed by atoms with van der Waals surface area (Å²) in [6.07, 6.45) is -4.59. The lowest BCUT2D eigenvalue weighted by Gasteiger charge is -2.18. The van der Waals surface area contributed by atoms with Crippen molar-refractivity contribution < 1.29 is 27.9 Å². The molecule has 1 saturated heterocycles. The van der Waals surface area contributed by atoms with Gasteiger partial charge >= 0.3 is 12.1 Å². The minimum atomic E-state index is -4.59. The van der Waals surface area contributed by atoms with Crippen molar-refractivity contribution in [3.63, 3.8) is 0 Å². The molecule has 1 aromatic rings. The summed E-state index contributed by atoms with van der Waals surface area (Å²) in [5.41, 5.74) is 1.93. The molecule has 2 atom stereocenters. The summed E-state index contributed by atoms with van der Waals surface area (Å²) < 4.78 is 38.7. The van der Waals surface area contributed by atoms with Crippen molar-refractivity contribution in [3.8, 4) is 0 Å². The van der Waals surface area contributed by atoms with Crippen LogP contribution in [0.15, 0.2) is 24.3 Å². The first-order valence-corrected chi connectivity index (χ1v) is 7.51. The number of carbonyl (C=O) groups is 2. The van der Waals surface area contributed by atoms with E-state index in [-0.39, 0.29) is 19.6 Å². The zero-order valence-electron chi connectivity index (χ0n) is 13.1. The van der Waals surface area contributed by atoms with Gasteiger partial charge in [0.1, 0.15) is 0 Å². The van der Waals surface area contributed by atoms with E-state index in [9.17, 15) is 22.8 Å². The van der Waals surface area contributed by atoms with E-state index in [0.29, 0.717) is 0 Å². The Morgan fingerprint density at radius 3 is 2.58 bits per heavy atom. The molecule has 1 aliphatic heterocycles. The number of carbonyl (C=O) groups excluding carboxylic acids is 1. The van der Waals surface area contributed by atoms with Gasteiger partial charge in [-0.2, -0.15) is 13.2 Å². The quantitative estimate of drug-likeness (QED) is 0.855. The first-order valence-electron chi connectivity index (χ1n) is 7.51. The van der Waals surface area contributed by atoms with Gasteiger partial charge in [-0.1, -0.05) is 29.8 Å². The lowest BCUT2D eigenvalue weighted by molar-refractivity contribution is -0.188. The van der Waals surface area contributed by atoms with E-state index in [2.05, 4.69) is 5.32 Å². The minimum Gasteiger partial charge on any atom is -0.481 e. The van der Waals surface area contributed by atoms with Crippen molar-refractivity contribution in [3.05, 3.63) is 35.4 Å². The largest absolute Gasteiger partial charge is 0.481 e. The van der Waals surface area contributed by atoms with Crippen LogP contribution in [0.3, 0.4) is 0 Å². The van der Waals surface area contributed by atoms with E-state index in [4.69, 9.17) is 5.11 Å². The molecule has 0 unspecified atom stereocenters. The molecule has 1 amide bonds. The molecule has 5 nitrogen and oxygen atoms in total. The van der Waals surface area contributed by atoms with E-state index in [1.54, 1.807) is 0 Å². The van der Waals surface area contributed by atoms with Crippen molar-refractivity contribution in [2.24, 2.45) is 11.8 Å². The third-order valence-corrected chi connectivity index (χ3v) is 4.07. The van der Waals surface area contributed by atoms with E-state index in [1.807, 2.05) is 31.2 Å². The number of carboxylic acid groups (broad SMARTS) is 1. The summed E-state index contributed by atoms with van der Waals surface area (Å²) in [6.45, 7) is 1.19. The molecule has 2 N–H and O–H groups in total. The molecule has 0 aromatic heterocycles. The number of aryl methyl sites for hydroxylation is 1. The molecule has 0 radical (unpaired) electrons. The summed E-state index contributed by atoms with van der Waals surface area (Å²) in [7, 11) is 0. The Kier molecular flexibility index (Phi) is 5.48. The first kappa shape index (κ1) is 18.3. The lowest BCUT2D eigenvalue weighted by atomic mass is 9.96. The van der Waals surface area contributed by atoms with Crippen LogP contribution in [0.5, 0.6) is 0 Å². The predicted molar refractivity (Wildman–Crippen MR) is 80.1 cm³/mol. The molecule has 0 spiro atoms. The predicted octanol–water partition coefficient (Wildman–Crippen LogP) is 1.81. The maximum atomic E-state index is 12.9. The first-order chi connectivity index (χ1) is 11.2. The van der Waals surface area contributed by atoms with Crippen LogP contribution in [0, 0.1) is 18.8 Å². The zero-order chi connectivity index (χ0) is 17.9. The zero-order valence-corrected chi connectivity index (χ0v) is 13.1. The number of rotatable bonds is 5. The van der Waals surface area contributed by atoms with Crippen LogP contribution in [-0.4, -0.2) is 47.7 Å². The molecule has 1 fully saturated rings. The Morgan fingerprint density at radius 1 is 1.33 bits per heavy atom. The fourth-order valence-corrected chi connectivity index (χ4v) is 2.88. The second-order valence-corrected chi connectivity index (χ2v) is 6.05. The number of hydrogen-bond donors (Lipinski definition) is 2. The van der Waals surface area contributed by atoms with Gasteiger partial charge in [0.25, 0.3) is 0 Å². The number of likely N-dealkylation sites (tertiary alicyclic amines) is 1. The smallest absolute Gasteiger partial charge is 0.393 e. The topological polar surface area (TPSA) is 69.6 Å². The van der Waals surface area contributed by atoms with Gasteiger partial charge in [0.15, 0.2) is 0 Å². The summed E-state index contributed by atoms with van der Waals surface area (Å²) in [4.78, 5) is 24.2. The molecule has 0 bridgehead atoms. The molecule has 132 valence electrons. The summed E-state index contributed by atoms with van der Waals surface area (Å²) >= 11 is 0. The van der Waals surface area contributed by atoms with Crippen molar-refractivity contribution >= 4 is 11.9 Å². The van der Waals surface area contributed by atoms with Gasteiger partial charge < -0.3 is 10.4 Å². The Labute approximate surface area is 137 Å². The normalized spacial score (nSPS) is 21.7. The van der Waals surface area contributed by atoms with Crippen LogP contribution in [0.1, 0.15) is 11.1 Å². The molecular weight excluding hydrogens is 325 g/mol. The van der Waals surface area contributed by atoms with Gasteiger partial charge in [0.05, 0.1) is 18.4 Å². The van der Waals surface area contributed by atoms with Crippen molar-refractivity contribution in [1.29, 1.82) is 0 Å². The standard InChI is InChI=1S/C16H19F3N2O3/c1-10-3-2-4-11(5-10)6-20-14(22)9-21-7-12(15(23)24)13(8-21)16(17,18)19/h2-5,12-13H,6-9H2,1H3,(H,20,22)(H,23,24)/t12-,13-/m1/s1. The Bertz CT molecular complexity index is 619. The second kappa shape index (κ2) is 7.21. The molecular formula is C16H19F3N2O3. The monoisotopic (exact) mass is 344 g/mol. The maximum Gasteiger partial charge on any atom is 0.393 e. The number of alkyl halides is 3. The van der Waals surface area contributed by atoms with Gasteiger partial charge in [-0.25, -0.2) is 0 Å². The highest BCUT2D eigenvalue weighted by Crippen LogP contribution is 2.37. The Balaban J connectivity index is 1.89. The molecule has 8 heteroatoms. The van der Waals surface area contributed by atoms with Crippen LogP contribution >= 0.6 is 0 Å².